The molecule has 4 rings (SSSR count). The number of benzene rings is 2. The van der Waals surface area contributed by atoms with Gasteiger partial charge in [0.15, 0.2) is 17.1 Å². The van der Waals surface area contributed by atoms with Gasteiger partial charge in [-0.05, 0) is 48.7 Å². The average molecular weight is 520 g/mol. The highest BCUT2D eigenvalue weighted by atomic mass is 35.5. The van der Waals surface area contributed by atoms with Crippen LogP contribution in [0.4, 0.5) is 10.1 Å². The summed E-state index contributed by atoms with van der Waals surface area (Å²) in [6.45, 7) is 0.0606. The van der Waals surface area contributed by atoms with Gasteiger partial charge in [-0.3, -0.25) is 14.5 Å². The van der Waals surface area contributed by atoms with Crippen LogP contribution in [0.1, 0.15) is 28.8 Å². The van der Waals surface area contributed by atoms with Crippen molar-refractivity contribution >= 4 is 33.2 Å². The fourth-order valence-corrected chi connectivity index (χ4v) is 4.11. The summed E-state index contributed by atoms with van der Waals surface area (Å²) < 4.78 is 51.1. The Morgan fingerprint density at radius 2 is 2.00 bits per heavy atom. The van der Waals surface area contributed by atoms with Crippen LogP contribution >= 0.6 is 11.6 Å². The molecule has 0 unspecified atom stereocenters. The first-order valence-electron chi connectivity index (χ1n) is 10.7. The van der Waals surface area contributed by atoms with Crippen LogP contribution in [0.5, 0.6) is 17.2 Å². The maximum absolute atomic E-state index is 14.7. The molecule has 1 saturated carbocycles. The summed E-state index contributed by atoms with van der Waals surface area (Å²) in [6, 6.07) is 12.0. The number of amides is 1. The highest BCUT2D eigenvalue weighted by Gasteiger charge is 2.32. The minimum Gasteiger partial charge on any atom is -0.473 e. The van der Waals surface area contributed by atoms with Gasteiger partial charge in [-0.25, -0.2) is 12.8 Å². The number of aromatic nitrogens is 1. The summed E-state index contributed by atoms with van der Waals surface area (Å²) in [5.74, 6) is -0.240. The summed E-state index contributed by atoms with van der Waals surface area (Å²) in [5.41, 5.74) is 0.534. The van der Waals surface area contributed by atoms with E-state index in [1.54, 1.807) is 30.3 Å². The van der Waals surface area contributed by atoms with Crippen LogP contribution in [-0.4, -0.2) is 31.1 Å². The van der Waals surface area contributed by atoms with Gasteiger partial charge < -0.3 is 14.8 Å². The van der Waals surface area contributed by atoms with E-state index in [9.17, 15) is 17.6 Å². The monoisotopic (exact) mass is 519 g/mol. The summed E-state index contributed by atoms with van der Waals surface area (Å²) in [5, 5.41) is 2.72. The summed E-state index contributed by atoms with van der Waals surface area (Å²) in [4.78, 5) is 16.7. The first kappa shape index (κ1) is 24.7. The zero-order chi connectivity index (χ0) is 25.0. The van der Waals surface area contributed by atoms with Crippen molar-refractivity contribution in [1.29, 1.82) is 0 Å². The maximum Gasteiger partial charge on any atom is 0.256 e. The Kier molecular flexibility index (Phi) is 7.42. The molecular formula is C24H23ClFN3O5S. The van der Waals surface area contributed by atoms with Crippen LogP contribution in [0.25, 0.3) is 0 Å². The molecule has 1 aliphatic rings. The van der Waals surface area contributed by atoms with Crippen LogP contribution in [0.2, 0.25) is 0 Å². The molecule has 1 amide bonds. The number of carbonyl (C=O) groups excluding carboxylic acids is 1. The zero-order valence-corrected chi connectivity index (χ0v) is 20.3. The highest BCUT2D eigenvalue weighted by molar-refractivity contribution is 7.92. The number of hydrogen-bond donors (Lipinski definition) is 2. The molecule has 3 aromatic rings. The van der Waals surface area contributed by atoms with Crippen LogP contribution in [0.15, 0.2) is 60.9 Å². The van der Waals surface area contributed by atoms with Crippen LogP contribution in [-0.2, 0) is 16.6 Å². The van der Waals surface area contributed by atoms with Gasteiger partial charge in [0, 0.05) is 30.9 Å². The third-order valence-corrected chi connectivity index (χ3v) is 6.12. The fourth-order valence-electron chi connectivity index (χ4n) is 3.21. The van der Waals surface area contributed by atoms with E-state index < -0.39 is 27.3 Å². The summed E-state index contributed by atoms with van der Waals surface area (Å²) in [6.07, 6.45) is 5.93. The lowest BCUT2D eigenvalue weighted by Gasteiger charge is -2.15. The zero-order valence-electron chi connectivity index (χ0n) is 18.7. The van der Waals surface area contributed by atoms with Crippen LogP contribution in [0, 0.1) is 11.7 Å². The van der Waals surface area contributed by atoms with Crippen molar-refractivity contribution in [2.75, 3.05) is 11.0 Å². The Morgan fingerprint density at radius 3 is 2.71 bits per heavy atom. The Balaban J connectivity index is 1.38. The molecule has 1 aromatic heterocycles. The third-order valence-electron chi connectivity index (χ3n) is 5.07. The second-order valence-electron chi connectivity index (χ2n) is 8.13. The number of rotatable bonds is 10. The number of sulfonamides is 1. The minimum absolute atomic E-state index is 0.0484. The molecule has 0 bridgehead atoms. The molecule has 11 heteroatoms. The fraction of sp³-hybridized carbons (Fsp3) is 0.250. The van der Waals surface area contributed by atoms with Gasteiger partial charge in [0.1, 0.15) is 11.5 Å². The molecule has 0 spiro atoms. The molecular weight excluding hydrogens is 497 g/mol. The SMILES string of the molecule is CS(=O)(=O)Nc1cccc(Oc2ccc(CNC(=O)c3cnccc3O[C@H](Cl)C3CC3)cc2F)c1. The standard InChI is InChI=1S/C24H23ClFN3O5S/c1-35(31,32)29-17-3-2-4-18(12-17)33-22-8-5-15(11-20(22)26)13-28-24(30)19-14-27-10-9-21(19)34-23(25)16-6-7-16/h2-5,8-12,14,16,23,29H,6-7,13H2,1H3,(H,28,30)/t23-/m0/s1. The number of ether oxygens (including phenoxy) is 2. The third kappa shape index (κ3) is 7.06. The molecule has 0 aliphatic heterocycles. The van der Waals surface area contributed by atoms with Crippen LogP contribution < -0.4 is 19.5 Å². The number of hydrogen-bond acceptors (Lipinski definition) is 6. The highest BCUT2D eigenvalue weighted by Crippen LogP contribution is 2.37. The molecule has 35 heavy (non-hydrogen) atoms. The number of carbonyl (C=O) groups is 1. The second kappa shape index (κ2) is 10.5. The number of nitrogens with zero attached hydrogens (tertiary/aromatic N) is 1. The molecule has 0 radical (unpaired) electrons. The number of halogens is 2. The molecule has 1 aliphatic carbocycles. The van der Waals surface area contributed by atoms with E-state index in [-0.39, 0.29) is 29.5 Å². The summed E-state index contributed by atoms with van der Waals surface area (Å²) in [7, 11) is -3.46. The van der Waals surface area contributed by atoms with Gasteiger partial charge in [-0.1, -0.05) is 23.7 Å². The van der Waals surface area contributed by atoms with Crippen molar-refractivity contribution in [2.24, 2.45) is 5.92 Å². The van der Waals surface area contributed by atoms with E-state index in [4.69, 9.17) is 21.1 Å². The molecule has 184 valence electrons. The quantitative estimate of drug-likeness (QED) is 0.377. The number of pyridine rings is 1. The molecule has 1 atom stereocenters. The molecule has 1 heterocycles. The first-order valence-corrected chi connectivity index (χ1v) is 13.1. The number of nitrogens with one attached hydrogen (secondary N) is 2. The van der Waals surface area contributed by atoms with Gasteiger partial charge in [-0.15, -0.1) is 0 Å². The molecule has 2 aromatic carbocycles. The number of anilines is 1. The number of alkyl halides is 1. The van der Waals surface area contributed by atoms with E-state index in [1.807, 2.05) is 0 Å². The lowest BCUT2D eigenvalue weighted by atomic mass is 10.2. The van der Waals surface area contributed by atoms with Crippen molar-refractivity contribution in [1.82, 2.24) is 10.3 Å². The van der Waals surface area contributed by atoms with Crippen molar-refractivity contribution in [3.8, 4) is 17.2 Å². The van der Waals surface area contributed by atoms with E-state index >= 15 is 0 Å². The summed E-state index contributed by atoms with van der Waals surface area (Å²) >= 11 is 6.23. The van der Waals surface area contributed by atoms with E-state index in [2.05, 4.69) is 15.0 Å². The smallest absolute Gasteiger partial charge is 0.256 e. The predicted octanol–water partition coefficient (Wildman–Crippen LogP) is 4.67. The molecule has 8 nitrogen and oxygen atoms in total. The largest absolute Gasteiger partial charge is 0.473 e. The Bertz CT molecular complexity index is 1330. The van der Waals surface area contributed by atoms with E-state index in [1.165, 1.54) is 30.6 Å². The van der Waals surface area contributed by atoms with Gasteiger partial charge in [-0.2, -0.15) is 0 Å². The van der Waals surface area contributed by atoms with Crippen molar-refractivity contribution in [3.63, 3.8) is 0 Å². The van der Waals surface area contributed by atoms with Gasteiger partial charge >= 0.3 is 0 Å². The van der Waals surface area contributed by atoms with Gasteiger partial charge in [0.05, 0.1) is 17.5 Å². The molecule has 1 fully saturated rings. The van der Waals surface area contributed by atoms with Crippen molar-refractivity contribution in [3.05, 3.63) is 77.9 Å². The molecule has 0 saturated heterocycles. The second-order valence-corrected chi connectivity index (χ2v) is 10.3. The lowest BCUT2D eigenvalue weighted by Crippen LogP contribution is -2.24. The Hall–Kier alpha value is -3.37. The van der Waals surface area contributed by atoms with Crippen LogP contribution in [0.3, 0.4) is 0 Å². The Morgan fingerprint density at radius 1 is 1.20 bits per heavy atom. The van der Waals surface area contributed by atoms with Crippen molar-refractivity contribution < 1.29 is 27.1 Å². The molecule has 2 N–H and O–H groups in total. The van der Waals surface area contributed by atoms with Crippen molar-refractivity contribution in [2.45, 2.75) is 24.9 Å². The first-order chi connectivity index (χ1) is 16.7. The van der Waals surface area contributed by atoms with Gasteiger partial charge in [0.25, 0.3) is 5.91 Å². The maximum atomic E-state index is 14.7. The van der Waals surface area contributed by atoms with E-state index in [0.29, 0.717) is 17.0 Å². The van der Waals surface area contributed by atoms with Gasteiger partial charge in [0.2, 0.25) is 10.0 Å². The predicted molar refractivity (Wildman–Crippen MR) is 130 cm³/mol. The Labute approximate surface area is 207 Å². The topological polar surface area (TPSA) is 107 Å². The average Bonchev–Trinajstić information content (AvgIpc) is 3.64. The van der Waals surface area contributed by atoms with E-state index in [0.717, 1.165) is 19.1 Å². The lowest BCUT2D eigenvalue weighted by molar-refractivity contribution is 0.0945. The normalized spacial score (nSPS) is 14.1. The minimum atomic E-state index is -3.46.